The third-order valence-corrected chi connectivity index (χ3v) is 4.74. The van der Waals surface area contributed by atoms with Gasteiger partial charge in [-0.25, -0.2) is 9.97 Å². The van der Waals surface area contributed by atoms with Crippen LogP contribution in [0, 0.1) is 3.57 Å². The standard InChI is InChI=1S/C20H15IN4O2/c1-27-18-7-6-13(17-12-25-9-3-8-22-20(25)24-17)11-16(18)23-19(26)14-4-2-5-15(21)10-14/h2-12H,1H3,(H,23,26). The Kier molecular flexibility index (Phi) is 4.76. The Morgan fingerprint density at radius 1 is 1.19 bits per heavy atom. The van der Waals surface area contributed by atoms with Crippen molar-refractivity contribution in [2.75, 3.05) is 12.4 Å². The number of methoxy groups -OCH3 is 1. The number of hydrogen-bond acceptors (Lipinski definition) is 4. The number of nitrogens with zero attached hydrogens (tertiary/aromatic N) is 3. The summed E-state index contributed by atoms with van der Waals surface area (Å²) in [5, 5.41) is 2.93. The third-order valence-electron chi connectivity index (χ3n) is 4.07. The summed E-state index contributed by atoms with van der Waals surface area (Å²) in [5.74, 6) is 1.01. The highest BCUT2D eigenvalue weighted by Gasteiger charge is 2.13. The third kappa shape index (κ3) is 3.63. The van der Waals surface area contributed by atoms with Gasteiger partial charge < -0.3 is 10.1 Å². The number of amides is 1. The molecule has 0 saturated heterocycles. The van der Waals surface area contributed by atoms with E-state index in [-0.39, 0.29) is 5.91 Å². The fourth-order valence-electron chi connectivity index (χ4n) is 2.76. The number of carbonyl (C=O) groups is 1. The van der Waals surface area contributed by atoms with Gasteiger partial charge in [-0.15, -0.1) is 0 Å². The second-order valence-electron chi connectivity index (χ2n) is 5.83. The van der Waals surface area contributed by atoms with E-state index in [0.717, 1.165) is 14.8 Å². The lowest BCUT2D eigenvalue weighted by molar-refractivity contribution is 0.102. The molecule has 0 bridgehead atoms. The lowest BCUT2D eigenvalue weighted by Crippen LogP contribution is -2.12. The number of aromatic nitrogens is 3. The van der Waals surface area contributed by atoms with Crippen molar-refractivity contribution in [2.24, 2.45) is 0 Å². The molecule has 27 heavy (non-hydrogen) atoms. The molecule has 0 spiro atoms. The van der Waals surface area contributed by atoms with E-state index in [4.69, 9.17) is 4.74 Å². The summed E-state index contributed by atoms with van der Waals surface area (Å²) in [6, 6.07) is 14.8. The van der Waals surface area contributed by atoms with Gasteiger partial charge in [0.2, 0.25) is 5.78 Å². The second-order valence-corrected chi connectivity index (χ2v) is 7.08. The first kappa shape index (κ1) is 17.5. The summed E-state index contributed by atoms with van der Waals surface area (Å²) in [4.78, 5) is 21.4. The highest BCUT2D eigenvalue weighted by atomic mass is 127. The minimum Gasteiger partial charge on any atom is -0.495 e. The van der Waals surface area contributed by atoms with Crippen LogP contribution in [0.5, 0.6) is 5.75 Å². The Hall–Kier alpha value is -2.94. The van der Waals surface area contributed by atoms with E-state index in [1.54, 1.807) is 19.4 Å². The molecule has 0 unspecified atom stereocenters. The maximum Gasteiger partial charge on any atom is 0.255 e. The van der Waals surface area contributed by atoms with E-state index < -0.39 is 0 Å². The first-order chi connectivity index (χ1) is 13.1. The Labute approximate surface area is 169 Å². The molecule has 7 heteroatoms. The predicted octanol–water partition coefficient (Wildman–Crippen LogP) is 4.26. The first-order valence-electron chi connectivity index (χ1n) is 8.19. The molecule has 0 atom stereocenters. The van der Waals surface area contributed by atoms with E-state index in [1.165, 1.54) is 0 Å². The van der Waals surface area contributed by atoms with Crippen molar-refractivity contribution in [3.8, 4) is 17.0 Å². The van der Waals surface area contributed by atoms with E-state index in [1.807, 2.05) is 59.3 Å². The number of benzene rings is 2. The van der Waals surface area contributed by atoms with Gasteiger partial charge in [-0.1, -0.05) is 6.07 Å². The van der Waals surface area contributed by atoms with Crippen LogP contribution < -0.4 is 10.1 Å². The Morgan fingerprint density at radius 3 is 2.85 bits per heavy atom. The van der Waals surface area contributed by atoms with Crippen molar-refractivity contribution in [3.63, 3.8) is 0 Å². The topological polar surface area (TPSA) is 68.5 Å². The molecule has 2 aromatic heterocycles. The van der Waals surface area contributed by atoms with Crippen LogP contribution in [-0.2, 0) is 0 Å². The minimum atomic E-state index is -0.194. The van der Waals surface area contributed by atoms with Gasteiger partial charge >= 0.3 is 0 Å². The molecule has 134 valence electrons. The maximum atomic E-state index is 12.6. The molecule has 4 aromatic rings. The highest BCUT2D eigenvalue weighted by Crippen LogP contribution is 2.30. The molecule has 6 nitrogen and oxygen atoms in total. The van der Waals surface area contributed by atoms with Crippen molar-refractivity contribution in [3.05, 3.63) is 76.3 Å². The quantitative estimate of drug-likeness (QED) is 0.453. The Bertz CT molecular complexity index is 1110. The molecule has 2 heterocycles. The molecule has 0 fully saturated rings. The van der Waals surface area contributed by atoms with Gasteiger partial charge in [0.25, 0.3) is 5.91 Å². The maximum absolute atomic E-state index is 12.6. The smallest absolute Gasteiger partial charge is 0.255 e. The predicted molar refractivity (Wildman–Crippen MR) is 112 cm³/mol. The number of anilines is 1. The number of rotatable bonds is 4. The zero-order valence-electron chi connectivity index (χ0n) is 14.4. The summed E-state index contributed by atoms with van der Waals surface area (Å²) < 4.78 is 8.25. The average molecular weight is 470 g/mol. The molecule has 0 saturated carbocycles. The van der Waals surface area contributed by atoms with E-state index >= 15 is 0 Å². The monoisotopic (exact) mass is 470 g/mol. The molecule has 0 aliphatic heterocycles. The largest absolute Gasteiger partial charge is 0.495 e. The summed E-state index contributed by atoms with van der Waals surface area (Å²) in [6.07, 6.45) is 5.49. The van der Waals surface area contributed by atoms with Crippen molar-refractivity contribution in [2.45, 2.75) is 0 Å². The van der Waals surface area contributed by atoms with Crippen LogP contribution in [0.25, 0.3) is 17.0 Å². The lowest BCUT2D eigenvalue weighted by Gasteiger charge is -2.12. The summed E-state index contributed by atoms with van der Waals surface area (Å²) in [6.45, 7) is 0. The molecule has 0 aliphatic rings. The second kappa shape index (κ2) is 7.36. The van der Waals surface area contributed by atoms with Gasteiger partial charge in [0.1, 0.15) is 5.75 Å². The number of ether oxygens (including phenoxy) is 1. The van der Waals surface area contributed by atoms with Crippen molar-refractivity contribution in [1.82, 2.24) is 14.4 Å². The number of halogens is 1. The molecule has 4 rings (SSSR count). The van der Waals surface area contributed by atoms with Crippen molar-refractivity contribution >= 4 is 40.0 Å². The van der Waals surface area contributed by atoms with E-state index in [9.17, 15) is 4.79 Å². The molecular formula is C20H15IN4O2. The van der Waals surface area contributed by atoms with Crippen molar-refractivity contribution in [1.29, 1.82) is 0 Å². The SMILES string of the molecule is COc1ccc(-c2cn3cccnc3n2)cc1NC(=O)c1cccc(I)c1. The highest BCUT2D eigenvalue weighted by molar-refractivity contribution is 14.1. The van der Waals surface area contributed by atoms with Crippen LogP contribution in [0.4, 0.5) is 5.69 Å². The molecular weight excluding hydrogens is 455 g/mol. The number of fused-ring (bicyclic) bond motifs is 1. The van der Waals surface area contributed by atoms with E-state index in [0.29, 0.717) is 22.8 Å². The molecule has 0 aliphatic carbocycles. The number of imidazole rings is 1. The molecule has 1 N–H and O–H groups in total. The number of carbonyl (C=O) groups excluding carboxylic acids is 1. The number of hydrogen-bond donors (Lipinski definition) is 1. The zero-order valence-corrected chi connectivity index (χ0v) is 16.5. The van der Waals surface area contributed by atoms with E-state index in [2.05, 4.69) is 37.9 Å². The molecule has 1 amide bonds. The fraction of sp³-hybridized carbons (Fsp3) is 0.0500. The summed E-state index contributed by atoms with van der Waals surface area (Å²) in [7, 11) is 1.57. The normalized spacial score (nSPS) is 10.7. The van der Waals surface area contributed by atoms with Crippen LogP contribution in [0.3, 0.4) is 0 Å². The number of nitrogens with one attached hydrogen (secondary N) is 1. The zero-order chi connectivity index (χ0) is 18.8. The van der Waals surface area contributed by atoms with Gasteiger partial charge in [-0.3, -0.25) is 9.20 Å². The van der Waals surface area contributed by atoms with Gasteiger partial charge in [0, 0.05) is 33.3 Å². The fourth-order valence-corrected chi connectivity index (χ4v) is 3.30. The van der Waals surface area contributed by atoms with Crippen LogP contribution in [0.2, 0.25) is 0 Å². The average Bonchev–Trinajstić information content (AvgIpc) is 3.12. The Morgan fingerprint density at radius 2 is 2.07 bits per heavy atom. The first-order valence-corrected chi connectivity index (χ1v) is 9.27. The van der Waals surface area contributed by atoms with Gasteiger partial charge in [0.15, 0.2) is 0 Å². The molecule has 0 radical (unpaired) electrons. The Balaban J connectivity index is 1.69. The van der Waals surface area contributed by atoms with Crippen molar-refractivity contribution < 1.29 is 9.53 Å². The lowest BCUT2D eigenvalue weighted by atomic mass is 10.1. The summed E-state index contributed by atoms with van der Waals surface area (Å²) >= 11 is 2.18. The van der Waals surface area contributed by atoms with Gasteiger partial charge in [-0.05, 0) is 65.1 Å². The van der Waals surface area contributed by atoms with Gasteiger partial charge in [0.05, 0.1) is 18.5 Å². The summed E-state index contributed by atoms with van der Waals surface area (Å²) in [5.41, 5.74) is 2.80. The minimum absolute atomic E-state index is 0.194. The van der Waals surface area contributed by atoms with Gasteiger partial charge in [-0.2, -0.15) is 0 Å². The van der Waals surface area contributed by atoms with Crippen LogP contribution in [0.1, 0.15) is 10.4 Å². The van der Waals surface area contributed by atoms with Crippen LogP contribution in [-0.4, -0.2) is 27.4 Å². The van der Waals surface area contributed by atoms with Crippen LogP contribution >= 0.6 is 22.6 Å². The molecule has 2 aromatic carbocycles. The van der Waals surface area contributed by atoms with Crippen LogP contribution in [0.15, 0.2) is 67.1 Å².